The van der Waals surface area contributed by atoms with E-state index in [0.717, 1.165) is 26.4 Å². The summed E-state index contributed by atoms with van der Waals surface area (Å²) in [7, 11) is 0. The molecule has 0 aliphatic heterocycles. The van der Waals surface area contributed by atoms with Gasteiger partial charge in [-0.15, -0.1) is 0 Å². The second kappa shape index (κ2) is 7.92. The molecule has 0 radical (unpaired) electrons. The highest BCUT2D eigenvalue weighted by Crippen LogP contribution is 2.35. The molecular weight excluding hydrogens is 484 g/mol. The Labute approximate surface area is 134 Å². The summed E-state index contributed by atoms with van der Waals surface area (Å²) >= 11 is 13.3. The normalized spacial score (nSPS) is 10.4. The zero-order valence-electron chi connectivity index (χ0n) is 8.81. The number of hydrogen-bond donors (Lipinski definition) is 0. The fraction of sp³-hybridized carbons (Fsp3) is 0.364. The van der Waals surface area contributed by atoms with Crippen molar-refractivity contribution >= 4 is 69.5 Å². The number of ketones is 1. The Balaban J connectivity index is 2.90. The lowest BCUT2D eigenvalue weighted by Crippen LogP contribution is -2.03. The largest absolute Gasteiger partial charge is 0.491 e. The second-order valence-corrected chi connectivity index (χ2v) is 6.28. The van der Waals surface area contributed by atoms with Crippen LogP contribution in [0.2, 0.25) is 0 Å². The molecule has 0 aliphatic carbocycles. The average Bonchev–Trinajstić information content (AvgIpc) is 2.31. The third-order valence-corrected chi connectivity index (χ3v) is 4.21. The summed E-state index contributed by atoms with van der Waals surface area (Å²) in [5.74, 6) is 0.774. The molecule has 1 aromatic carbocycles. The Morgan fingerprint density at radius 1 is 1.18 bits per heavy atom. The highest BCUT2D eigenvalue weighted by Gasteiger charge is 2.12. The van der Waals surface area contributed by atoms with Crippen molar-refractivity contribution in [3.8, 4) is 5.75 Å². The van der Waals surface area contributed by atoms with Gasteiger partial charge in [0.15, 0.2) is 5.78 Å². The van der Waals surface area contributed by atoms with Crippen LogP contribution in [-0.2, 0) is 0 Å². The van der Waals surface area contributed by atoms with Gasteiger partial charge in [0.25, 0.3) is 0 Å². The van der Waals surface area contributed by atoms with Crippen molar-refractivity contribution in [2.75, 3.05) is 17.3 Å². The SMILES string of the molecule is O=C(CBr)c1cc(Br)c(OCCCBr)c(Br)c1. The van der Waals surface area contributed by atoms with Crippen molar-refractivity contribution < 1.29 is 9.53 Å². The maximum Gasteiger partial charge on any atom is 0.173 e. The molecule has 17 heavy (non-hydrogen) atoms. The molecule has 0 fully saturated rings. The van der Waals surface area contributed by atoms with Gasteiger partial charge in [-0.2, -0.15) is 0 Å². The maximum atomic E-state index is 11.6. The Kier molecular flexibility index (Phi) is 7.30. The summed E-state index contributed by atoms with van der Waals surface area (Å²) in [5.41, 5.74) is 0.647. The lowest BCUT2D eigenvalue weighted by molar-refractivity contribution is 0.102. The molecule has 0 bridgehead atoms. The zero-order chi connectivity index (χ0) is 12.8. The summed E-state index contributed by atoms with van der Waals surface area (Å²) < 4.78 is 7.20. The van der Waals surface area contributed by atoms with Crippen LogP contribution in [0.3, 0.4) is 0 Å². The molecule has 0 aromatic heterocycles. The van der Waals surface area contributed by atoms with E-state index < -0.39 is 0 Å². The Bertz CT molecular complexity index is 383. The first-order valence-corrected chi connectivity index (χ1v) is 8.70. The number of halogens is 4. The van der Waals surface area contributed by atoms with Gasteiger partial charge < -0.3 is 4.74 Å². The van der Waals surface area contributed by atoms with E-state index in [9.17, 15) is 4.79 Å². The third kappa shape index (κ3) is 4.65. The minimum atomic E-state index is 0.0402. The molecule has 0 saturated heterocycles. The minimum absolute atomic E-state index is 0.0402. The van der Waals surface area contributed by atoms with Crippen LogP contribution >= 0.6 is 63.7 Å². The van der Waals surface area contributed by atoms with Gasteiger partial charge in [-0.25, -0.2) is 0 Å². The summed E-state index contributed by atoms with van der Waals surface area (Å²) in [6, 6.07) is 3.55. The second-order valence-electron chi connectivity index (χ2n) is 3.22. The number of hydrogen-bond acceptors (Lipinski definition) is 2. The number of Topliss-reactive ketones (excluding diaryl/α,β-unsaturated/α-hetero) is 1. The van der Waals surface area contributed by atoms with Crippen LogP contribution in [0.1, 0.15) is 16.8 Å². The molecular formula is C11H10Br4O2. The van der Waals surface area contributed by atoms with E-state index in [2.05, 4.69) is 63.7 Å². The molecule has 0 N–H and O–H groups in total. The van der Waals surface area contributed by atoms with Crippen molar-refractivity contribution in [1.29, 1.82) is 0 Å². The summed E-state index contributed by atoms with van der Waals surface area (Å²) in [4.78, 5) is 11.6. The van der Waals surface area contributed by atoms with Crippen LogP contribution in [0.15, 0.2) is 21.1 Å². The first-order chi connectivity index (χ1) is 8.10. The van der Waals surface area contributed by atoms with Crippen molar-refractivity contribution in [3.63, 3.8) is 0 Å². The Morgan fingerprint density at radius 2 is 1.76 bits per heavy atom. The smallest absolute Gasteiger partial charge is 0.173 e. The van der Waals surface area contributed by atoms with Crippen LogP contribution in [0, 0.1) is 0 Å². The van der Waals surface area contributed by atoms with Crippen LogP contribution in [0.4, 0.5) is 0 Å². The van der Waals surface area contributed by atoms with E-state index in [4.69, 9.17) is 4.74 Å². The predicted molar refractivity (Wildman–Crippen MR) is 83.9 cm³/mol. The Morgan fingerprint density at radius 3 is 2.24 bits per heavy atom. The summed E-state index contributed by atoms with van der Waals surface area (Å²) in [5, 5.41) is 1.22. The monoisotopic (exact) mass is 490 g/mol. The van der Waals surface area contributed by atoms with Gasteiger partial charge in [0.1, 0.15) is 5.75 Å². The molecule has 0 unspecified atom stereocenters. The van der Waals surface area contributed by atoms with E-state index in [-0.39, 0.29) is 5.78 Å². The fourth-order valence-electron chi connectivity index (χ4n) is 1.16. The first kappa shape index (κ1) is 15.7. The number of carbonyl (C=O) groups is 1. The van der Waals surface area contributed by atoms with Crippen molar-refractivity contribution in [2.24, 2.45) is 0 Å². The number of alkyl halides is 2. The number of carbonyl (C=O) groups excluding carboxylic acids is 1. The van der Waals surface area contributed by atoms with Gasteiger partial charge in [0, 0.05) is 10.9 Å². The Hall–Kier alpha value is 0.610. The highest BCUT2D eigenvalue weighted by molar-refractivity contribution is 9.11. The molecule has 0 spiro atoms. The molecule has 1 rings (SSSR count). The maximum absolute atomic E-state index is 11.6. The van der Waals surface area contributed by atoms with Crippen molar-refractivity contribution in [2.45, 2.75) is 6.42 Å². The molecule has 0 heterocycles. The van der Waals surface area contributed by atoms with Crippen LogP contribution in [0.5, 0.6) is 5.75 Å². The van der Waals surface area contributed by atoms with E-state index in [1.807, 2.05) is 0 Å². The lowest BCUT2D eigenvalue weighted by Gasteiger charge is -2.11. The number of ether oxygens (including phenoxy) is 1. The quantitative estimate of drug-likeness (QED) is 0.318. The van der Waals surface area contributed by atoms with Crippen LogP contribution in [0.25, 0.3) is 0 Å². The third-order valence-electron chi connectivity index (χ3n) is 1.97. The molecule has 0 amide bonds. The van der Waals surface area contributed by atoms with Crippen molar-refractivity contribution in [3.05, 3.63) is 26.6 Å². The topological polar surface area (TPSA) is 26.3 Å². The van der Waals surface area contributed by atoms with Gasteiger partial charge in [-0.1, -0.05) is 31.9 Å². The van der Waals surface area contributed by atoms with Gasteiger partial charge in [0.2, 0.25) is 0 Å². The molecule has 2 nitrogen and oxygen atoms in total. The minimum Gasteiger partial charge on any atom is -0.491 e. The van der Waals surface area contributed by atoms with Gasteiger partial charge >= 0.3 is 0 Å². The zero-order valence-corrected chi connectivity index (χ0v) is 15.2. The summed E-state index contributed by atoms with van der Waals surface area (Å²) in [6.07, 6.45) is 0.932. The lowest BCUT2D eigenvalue weighted by atomic mass is 10.1. The van der Waals surface area contributed by atoms with Crippen molar-refractivity contribution in [1.82, 2.24) is 0 Å². The van der Waals surface area contributed by atoms with E-state index in [1.54, 1.807) is 12.1 Å². The highest BCUT2D eigenvalue weighted by atomic mass is 79.9. The standard InChI is InChI=1S/C11H10Br4O2/c12-2-1-3-17-11-8(14)4-7(5-9(11)15)10(16)6-13/h4-5H,1-3,6H2. The molecule has 94 valence electrons. The fourth-order valence-corrected chi connectivity index (χ4v) is 3.13. The number of rotatable bonds is 6. The predicted octanol–water partition coefficient (Wildman–Crippen LogP) is 4.95. The van der Waals surface area contributed by atoms with E-state index in [0.29, 0.717) is 17.5 Å². The van der Waals surface area contributed by atoms with Gasteiger partial charge in [-0.3, -0.25) is 4.79 Å². The number of benzene rings is 1. The average molecular weight is 494 g/mol. The van der Waals surface area contributed by atoms with Gasteiger partial charge in [0.05, 0.1) is 20.9 Å². The molecule has 6 heteroatoms. The molecule has 0 atom stereocenters. The van der Waals surface area contributed by atoms with Crippen LogP contribution < -0.4 is 4.74 Å². The first-order valence-electron chi connectivity index (χ1n) is 4.87. The van der Waals surface area contributed by atoms with E-state index in [1.165, 1.54) is 0 Å². The van der Waals surface area contributed by atoms with Gasteiger partial charge in [-0.05, 0) is 50.4 Å². The molecule has 1 aromatic rings. The molecule has 0 aliphatic rings. The van der Waals surface area contributed by atoms with Crippen LogP contribution in [-0.4, -0.2) is 23.1 Å². The summed E-state index contributed by atoms with van der Waals surface area (Å²) in [6.45, 7) is 0.633. The van der Waals surface area contributed by atoms with E-state index >= 15 is 0 Å². The molecule has 0 saturated carbocycles.